The van der Waals surface area contributed by atoms with E-state index in [0.717, 1.165) is 5.01 Å². The van der Waals surface area contributed by atoms with Crippen molar-refractivity contribution >= 4 is 17.3 Å². The molecule has 0 N–H and O–H groups in total. The number of ether oxygens (including phenoxy) is 2. The summed E-state index contributed by atoms with van der Waals surface area (Å²) in [4.78, 5) is 16.9. The predicted molar refractivity (Wildman–Crippen MR) is 83.5 cm³/mol. The highest BCUT2D eigenvalue weighted by Crippen LogP contribution is 2.31. The Kier molecular flexibility index (Phi) is 4.48. The maximum absolute atomic E-state index is 12.2. The van der Waals surface area contributed by atoms with Gasteiger partial charge in [0.05, 0.1) is 29.9 Å². The molecule has 0 spiro atoms. The van der Waals surface area contributed by atoms with Crippen molar-refractivity contribution < 1.29 is 14.3 Å². The van der Waals surface area contributed by atoms with Crippen molar-refractivity contribution in [2.24, 2.45) is 0 Å². The fraction of sp³-hybridized carbons (Fsp3) is 0.312. The van der Waals surface area contributed by atoms with E-state index in [1.807, 2.05) is 26.8 Å². The van der Waals surface area contributed by atoms with Gasteiger partial charge in [0.15, 0.2) is 11.5 Å². The minimum Gasteiger partial charge on any atom is -0.493 e. The van der Waals surface area contributed by atoms with Crippen LogP contribution in [0.1, 0.15) is 41.0 Å². The molecule has 0 bridgehead atoms. The molecule has 0 fully saturated rings. The molecule has 0 aliphatic rings. The summed E-state index contributed by atoms with van der Waals surface area (Å²) in [6.07, 6.45) is 1.52. The SMILES string of the molecule is COc1cc(C#N)ccc1OC(=O)c1cnc(C(C)(C)C)s1. The Labute approximate surface area is 133 Å². The molecule has 1 aromatic heterocycles. The summed E-state index contributed by atoms with van der Waals surface area (Å²) in [6.45, 7) is 6.10. The molecular weight excluding hydrogens is 300 g/mol. The average molecular weight is 316 g/mol. The standard InChI is InChI=1S/C16H16N2O3S/c1-16(2,3)15-18-9-13(22-15)14(19)21-11-6-5-10(8-17)7-12(11)20-4/h5-7,9H,1-4H3. The molecule has 1 aromatic carbocycles. The van der Waals surface area contributed by atoms with E-state index in [1.165, 1.54) is 30.7 Å². The highest BCUT2D eigenvalue weighted by molar-refractivity contribution is 7.13. The Hall–Kier alpha value is -2.39. The Balaban J connectivity index is 2.22. The molecule has 0 unspecified atom stereocenters. The average Bonchev–Trinajstić information content (AvgIpc) is 2.97. The molecule has 2 aromatic rings. The first-order chi connectivity index (χ1) is 10.3. The van der Waals surface area contributed by atoms with E-state index in [2.05, 4.69) is 4.98 Å². The first-order valence-electron chi connectivity index (χ1n) is 6.62. The molecule has 0 atom stereocenters. The molecule has 0 saturated heterocycles. The Morgan fingerprint density at radius 2 is 2.05 bits per heavy atom. The summed E-state index contributed by atoms with van der Waals surface area (Å²) in [5, 5.41) is 9.73. The predicted octanol–water partition coefficient (Wildman–Crippen LogP) is 3.54. The summed E-state index contributed by atoms with van der Waals surface area (Å²) in [5.41, 5.74) is 0.319. The second kappa shape index (κ2) is 6.16. The number of methoxy groups -OCH3 is 1. The van der Waals surface area contributed by atoms with Crippen LogP contribution in [0.15, 0.2) is 24.4 Å². The fourth-order valence-corrected chi connectivity index (χ4v) is 2.54. The van der Waals surface area contributed by atoms with E-state index in [1.54, 1.807) is 12.1 Å². The van der Waals surface area contributed by atoms with Gasteiger partial charge in [-0.15, -0.1) is 11.3 Å². The minimum atomic E-state index is -0.490. The van der Waals surface area contributed by atoms with E-state index >= 15 is 0 Å². The van der Waals surface area contributed by atoms with Gasteiger partial charge in [-0.2, -0.15) is 5.26 Å². The Bertz CT molecular complexity index is 739. The van der Waals surface area contributed by atoms with Crippen molar-refractivity contribution in [2.75, 3.05) is 7.11 Å². The molecule has 1 heterocycles. The van der Waals surface area contributed by atoms with Gasteiger partial charge in [-0.05, 0) is 12.1 Å². The number of thiazole rings is 1. The number of nitrogens with zero attached hydrogens (tertiary/aromatic N) is 2. The zero-order chi connectivity index (χ0) is 16.3. The number of hydrogen-bond donors (Lipinski definition) is 0. The lowest BCUT2D eigenvalue weighted by Crippen LogP contribution is -2.10. The van der Waals surface area contributed by atoms with E-state index in [-0.39, 0.29) is 11.2 Å². The van der Waals surface area contributed by atoms with Crippen LogP contribution in [0.4, 0.5) is 0 Å². The second-order valence-corrected chi connectivity index (χ2v) is 6.68. The Morgan fingerprint density at radius 3 is 2.59 bits per heavy atom. The van der Waals surface area contributed by atoms with Crippen molar-refractivity contribution in [2.45, 2.75) is 26.2 Å². The van der Waals surface area contributed by atoms with Crippen molar-refractivity contribution in [3.05, 3.63) is 39.8 Å². The number of carbonyl (C=O) groups is 1. The van der Waals surface area contributed by atoms with Crippen molar-refractivity contribution in [1.29, 1.82) is 5.26 Å². The number of benzene rings is 1. The van der Waals surface area contributed by atoms with Gasteiger partial charge in [-0.25, -0.2) is 9.78 Å². The quantitative estimate of drug-likeness (QED) is 0.639. The summed E-state index contributed by atoms with van der Waals surface area (Å²) in [6, 6.07) is 6.64. The van der Waals surface area contributed by atoms with E-state index in [4.69, 9.17) is 14.7 Å². The molecule has 5 nitrogen and oxygen atoms in total. The molecule has 0 amide bonds. The number of carbonyl (C=O) groups excluding carboxylic acids is 1. The third-order valence-corrected chi connectivity index (χ3v) is 4.25. The van der Waals surface area contributed by atoms with Gasteiger partial charge in [0, 0.05) is 11.5 Å². The van der Waals surface area contributed by atoms with Crippen LogP contribution in [-0.2, 0) is 5.41 Å². The topological polar surface area (TPSA) is 72.2 Å². The maximum Gasteiger partial charge on any atom is 0.355 e. The minimum absolute atomic E-state index is 0.116. The highest BCUT2D eigenvalue weighted by atomic mass is 32.1. The van der Waals surface area contributed by atoms with Crippen LogP contribution in [0.5, 0.6) is 11.5 Å². The molecule has 6 heteroatoms. The molecule has 22 heavy (non-hydrogen) atoms. The Morgan fingerprint density at radius 1 is 1.32 bits per heavy atom. The van der Waals surface area contributed by atoms with Crippen LogP contribution in [0.25, 0.3) is 0 Å². The van der Waals surface area contributed by atoms with Crippen LogP contribution in [0, 0.1) is 11.3 Å². The van der Waals surface area contributed by atoms with E-state index in [9.17, 15) is 4.79 Å². The number of aromatic nitrogens is 1. The van der Waals surface area contributed by atoms with Gasteiger partial charge < -0.3 is 9.47 Å². The summed E-state index contributed by atoms with van der Waals surface area (Å²) in [5.74, 6) is 0.126. The normalized spacial score (nSPS) is 10.9. The zero-order valence-corrected chi connectivity index (χ0v) is 13.7. The molecule has 0 aliphatic carbocycles. The van der Waals surface area contributed by atoms with Crippen molar-refractivity contribution in [3.8, 4) is 17.6 Å². The van der Waals surface area contributed by atoms with Gasteiger partial charge in [0.1, 0.15) is 4.88 Å². The molecule has 0 saturated carbocycles. The first kappa shape index (κ1) is 16.0. The fourth-order valence-electron chi connectivity index (χ4n) is 1.69. The maximum atomic E-state index is 12.2. The molecule has 0 aliphatic heterocycles. The first-order valence-corrected chi connectivity index (χ1v) is 7.43. The number of rotatable bonds is 3. The molecule has 2 rings (SSSR count). The molecule has 114 valence electrons. The van der Waals surface area contributed by atoms with Crippen LogP contribution in [0.3, 0.4) is 0 Å². The van der Waals surface area contributed by atoms with Crippen molar-refractivity contribution in [3.63, 3.8) is 0 Å². The lowest BCUT2D eigenvalue weighted by Gasteiger charge is -2.13. The zero-order valence-electron chi connectivity index (χ0n) is 12.8. The lowest BCUT2D eigenvalue weighted by atomic mass is 9.98. The van der Waals surface area contributed by atoms with Crippen LogP contribution in [0.2, 0.25) is 0 Å². The monoisotopic (exact) mass is 316 g/mol. The van der Waals surface area contributed by atoms with Gasteiger partial charge in [-0.1, -0.05) is 20.8 Å². The molecule has 0 radical (unpaired) electrons. The lowest BCUT2D eigenvalue weighted by molar-refractivity contribution is 0.0734. The number of esters is 1. The van der Waals surface area contributed by atoms with Gasteiger partial charge in [-0.3, -0.25) is 0 Å². The van der Waals surface area contributed by atoms with Gasteiger partial charge >= 0.3 is 5.97 Å². The van der Waals surface area contributed by atoms with Crippen LogP contribution >= 0.6 is 11.3 Å². The van der Waals surface area contributed by atoms with E-state index < -0.39 is 5.97 Å². The third-order valence-electron chi connectivity index (χ3n) is 2.84. The highest BCUT2D eigenvalue weighted by Gasteiger charge is 2.22. The van der Waals surface area contributed by atoms with Gasteiger partial charge in [0.2, 0.25) is 0 Å². The van der Waals surface area contributed by atoms with Crippen molar-refractivity contribution in [1.82, 2.24) is 4.98 Å². The summed E-state index contributed by atoms with van der Waals surface area (Å²) in [7, 11) is 1.46. The number of nitriles is 1. The van der Waals surface area contributed by atoms with Crippen LogP contribution < -0.4 is 9.47 Å². The largest absolute Gasteiger partial charge is 0.493 e. The van der Waals surface area contributed by atoms with Crippen LogP contribution in [-0.4, -0.2) is 18.1 Å². The third kappa shape index (κ3) is 3.43. The van der Waals surface area contributed by atoms with Gasteiger partial charge in [0.25, 0.3) is 0 Å². The molecular formula is C16H16N2O3S. The smallest absolute Gasteiger partial charge is 0.355 e. The second-order valence-electron chi connectivity index (χ2n) is 5.65. The number of hydrogen-bond acceptors (Lipinski definition) is 6. The summed E-state index contributed by atoms with van der Waals surface area (Å²) >= 11 is 1.31. The van der Waals surface area contributed by atoms with E-state index in [0.29, 0.717) is 16.2 Å². The summed E-state index contributed by atoms with van der Waals surface area (Å²) < 4.78 is 10.5.